The topological polar surface area (TPSA) is 31.2 Å². The van der Waals surface area contributed by atoms with Gasteiger partial charge in [-0.3, -0.25) is 0 Å². The molecule has 0 fully saturated rings. The van der Waals surface area contributed by atoms with Gasteiger partial charge in [-0.05, 0) is 0 Å². The maximum absolute atomic E-state index is 5.32. The number of aliphatic imine (C=N–C) groups is 2. The summed E-state index contributed by atoms with van der Waals surface area (Å²) in [4.78, 5) is 10.6. The normalized spacial score (nSPS) is 15.3. The van der Waals surface area contributed by atoms with Gasteiger partial charge >= 0.3 is 275 Å². The van der Waals surface area contributed by atoms with E-state index in [4.69, 9.17) is 9.98 Å². The Hall–Kier alpha value is -3.12. The van der Waals surface area contributed by atoms with Crippen molar-refractivity contribution in [3.63, 3.8) is 0 Å². The van der Waals surface area contributed by atoms with Crippen LogP contribution in [0.5, 0.6) is 0 Å². The predicted octanol–water partition coefficient (Wildman–Crippen LogP) is 9.81. The first-order chi connectivity index (χ1) is 22.2. The Bertz CT molecular complexity index is 1490. The van der Waals surface area contributed by atoms with Gasteiger partial charge in [-0.25, -0.2) is 0 Å². The van der Waals surface area contributed by atoms with E-state index in [2.05, 4.69) is 106 Å². The molecule has 0 aromatic heterocycles. The van der Waals surface area contributed by atoms with E-state index in [0.29, 0.717) is 0 Å². The van der Waals surface area contributed by atoms with Crippen LogP contribution in [-0.2, 0) is 12.8 Å². The third-order valence-corrected chi connectivity index (χ3v) is 21.3. The molecule has 4 aromatic carbocycles. The van der Waals surface area contributed by atoms with Gasteiger partial charge in [0.05, 0.1) is 0 Å². The van der Waals surface area contributed by atoms with Crippen molar-refractivity contribution in [2.45, 2.75) is 88.6 Å². The summed E-state index contributed by atoms with van der Waals surface area (Å²) in [5.41, 5.74) is 2.83. The van der Waals surface area contributed by atoms with E-state index >= 15 is 0 Å². The van der Waals surface area contributed by atoms with Gasteiger partial charge in [0.15, 0.2) is 0 Å². The Kier molecular flexibility index (Phi) is 10.9. The van der Waals surface area contributed by atoms with Crippen LogP contribution >= 0.6 is 0 Å². The second kappa shape index (κ2) is 15.4. The van der Waals surface area contributed by atoms with Crippen LogP contribution in [0.2, 0.25) is 10.5 Å². The minimum absolute atomic E-state index is 0.931. The van der Waals surface area contributed by atoms with Crippen molar-refractivity contribution < 1.29 is 0 Å². The first-order valence-corrected chi connectivity index (χ1v) is 22.6. The van der Waals surface area contributed by atoms with E-state index in [9.17, 15) is 0 Å². The van der Waals surface area contributed by atoms with E-state index in [0.717, 1.165) is 39.0 Å². The molecule has 0 amide bonds. The SMILES string of the molecule is CCCCC[CH2][Ge]([CH2]CCCCC)([N]1CCN=C1Cc1cccc2ccccc12)[N]1CCN=C1Cc1cccc2ccccc12. The monoisotopic (exact) mass is 662 g/mol. The van der Waals surface area contributed by atoms with Crippen LogP contribution in [0, 0.1) is 0 Å². The molecule has 0 atom stereocenters. The summed E-state index contributed by atoms with van der Waals surface area (Å²) in [5.74, 6) is 2.71. The molecule has 4 aromatic rings. The second-order valence-electron chi connectivity index (χ2n) is 13.1. The quantitative estimate of drug-likeness (QED) is 0.0885. The van der Waals surface area contributed by atoms with Crippen molar-refractivity contribution in [2.24, 2.45) is 9.98 Å². The zero-order valence-electron chi connectivity index (χ0n) is 27.7. The second-order valence-corrected chi connectivity index (χ2v) is 21.6. The molecular formula is C40H52GeN4. The molecule has 6 rings (SSSR count). The fourth-order valence-corrected chi connectivity index (χ4v) is 19.5. The molecule has 45 heavy (non-hydrogen) atoms. The van der Waals surface area contributed by atoms with Crippen molar-refractivity contribution in [3.8, 4) is 0 Å². The van der Waals surface area contributed by atoms with Crippen LogP contribution in [0.25, 0.3) is 21.5 Å². The minimum atomic E-state index is -2.93. The van der Waals surface area contributed by atoms with Crippen LogP contribution in [0.15, 0.2) is 94.9 Å². The van der Waals surface area contributed by atoms with Crippen LogP contribution in [-0.4, -0.2) is 59.3 Å². The van der Waals surface area contributed by atoms with Gasteiger partial charge in [0, 0.05) is 0 Å². The van der Waals surface area contributed by atoms with Gasteiger partial charge in [0.2, 0.25) is 0 Å². The summed E-state index contributed by atoms with van der Waals surface area (Å²) in [6, 6.07) is 31.4. The average molecular weight is 661 g/mol. The van der Waals surface area contributed by atoms with E-state index in [1.165, 1.54) is 106 Å². The Labute approximate surface area is 274 Å². The molecule has 4 nitrogen and oxygen atoms in total. The van der Waals surface area contributed by atoms with E-state index in [1.54, 1.807) is 0 Å². The molecule has 0 aliphatic carbocycles. The van der Waals surface area contributed by atoms with Crippen LogP contribution < -0.4 is 0 Å². The molecule has 0 radical (unpaired) electrons. The number of fused-ring (bicyclic) bond motifs is 2. The molecule has 0 bridgehead atoms. The Morgan fingerprint density at radius 1 is 0.533 bits per heavy atom. The number of hydrogen-bond acceptors (Lipinski definition) is 4. The summed E-state index contributed by atoms with van der Waals surface area (Å²) >= 11 is -2.93. The third-order valence-electron chi connectivity index (χ3n) is 10.2. The third kappa shape index (κ3) is 7.16. The maximum atomic E-state index is 5.32. The van der Waals surface area contributed by atoms with Crippen molar-refractivity contribution in [1.82, 2.24) is 7.71 Å². The molecule has 2 heterocycles. The standard InChI is InChI=1S/C40H52GeN4/c1-3-5-7-13-25-41(26-14-8-6-4-2,44-29-27-42-39(44)31-35-21-15-19-33-17-9-11-23-37(33)35)45-30-28-43-40(45)32-36-22-16-20-34-18-10-12-24-38(34)36/h9-12,15-24H,3-8,13-14,25-32H2,1-2H3. The van der Waals surface area contributed by atoms with Gasteiger partial charge in [0.1, 0.15) is 0 Å². The number of hydrogen-bond donors (Lipinski definition) is 0. The molecule has 2 aliphatic rings. The molecule has 0 spiro atoms. The molecule has 2 aliphatic heterocycles. The van der Waals surface area contributed by atoms with Crippen LogP contribution in [0.3, 0.4) is 0 Å². The van der Waals surface area contributed by atoms with E-state index in [1.807, 2.05) is 0 Å². The van der Waals surface area contributed by atoms with Crippen molar-refractivity contribution in [2.75, 3.05) is 26.2 Å². The van der Waals surface area contributed by atoms with Crippen molar-refractivity contribution in [1.29, 1.82) is 0 Å². The average Bonchev–Trinajstić information content (AvgIpc) is 3.75. The summed E-state index contributed by atoms with van der Waals surface area (Å²) < 4.78 is 5.92. The van der Waals surface area contributed by atoms with Gasteiger partial charge in [-0.1, -0.05) is 0 Å². The fourth-order valence-electron chi connectivity index (χ4n) is 7.90. The zero-order valence-corrected chi connectivity index (χ0v) is 29.8. The zero-order chi connectivity index (χ0) is 30.9. The number of unbranched alkanes of at least 4 members (excludes halogenated alkanes) is 6. The van der Waals surface area contributed by atoms with Crippen molar-refractivity contribution >= 4 is 46.9 Å². The number of amidine groups is 2. The molecular weight excluding hydrogens is 609 g/mol. The van der Waals surface area contributed by atoms with Crippen molar-refractivity contribution in [3.05, 3.63) is 96.1 Å². The van der Waals surface area contributed by atoms with E-state index < -0.39 is 13.7 Å². The number of nitrogens with zero attached hydrogens (tertiary/aromatic N) is 4. The number of benzene rings is 4. The summed E-state index contributed by atoms with van der Waals surface area (Å²) in [6.45, 7) is 8.70. The van der Waals surface area contributed by atoms with Crippen LogP contribution in [0.1, 0.15) is 76.3 Å². The molecule has 0 saturated carbocycles. The van der Waals surface area contributed by atoms with E-state index in [-0.39, 0.29) is 0 Å². The van der Waals surface area contributed by atoms with Gasteiger partial charge in [0.25, 0.3) is 0 Å². The molecule has 236 valence electrons. The van der Waals surface area contributed by atoms with Gasteiger partial charge < -0.3 is 0 Å². The summed E-state index contributed by atoms with van der Waals surface area (Å²) in [7, 11) is 0. The van der Waals surface area contributed by atoms with Crippen LogP contribution in [0.4, 0.5) is 0 Å². The Morgan fingerprint density at radius 2 is 0.978 bits per heavy atom. The summed E-state index contributed by atoms with van der Waals surface area (Å²) in [5, 5.41) is 8.12. The number of rotatable bonds is 16. The fraction of sp³-hybridized carbons (Fsp3) is 0.450. The Morgan fingerprint density at radius 3 is 1.44 bits per heavy atom. The molecule has 0 saturated heterocycles. The molecule has 0 N–H and O–H groups in total. The summed E-state index contributed by atoms with van der Waals surface area (Å²) in [6.07, 6.45) is 12.4. The first kappa shape index (κ1) is 31.8. The van der Waals surface area contributed by atoms with Gasteiger partial charge in [-0.2, -0.15) is 0 Å². The molecule has 0 unspecified atom stereocenters. The molecule has 5 heteroatoms. The first-order valence-electron chi connectivity index (χ1n) is 17.8. The van der Waals surface area contributed by atoms with Gasteiger partial charge in [-0.15, -0.1) is 0 Å². The predicted molar refractivity (Wildman–Crippen MR) is 197 cm³/mol. The Balaban J connectivity index is 1.37.